The van der Waals surface area contributed by atoms with Crippen LogP contribution in [0, 0.1) is 5.92 Å². The van der Waals surface area contributed by atoms with Crippen LogP contribution in [0.2, 0.25) is 0 Å². The third-order valence-electron chi connectivity index (χ3n) is 2.18. The molecule has 0 saturated carbocycles. The Balaban J connectivity index is 2.40. The summed E-state index contributed by atoms with van der Waals surface area (Å²) >= 11 is 0. The van der Waals surface area contributed by atoms with E-state index in [0.29, 0.717) is 5.92 Å². The second-order valence-electron chi connectivity index (χ2n) is 3.34. The van der Waals surface area contributed by atoms with E-state index in [1.54, 1.807) is 0 Å². The van der Waals surface area contributed by atoms with Gasteiger partial charge in [-0.15, -0.1) is 0 Å². The molecule has 0 bridgehead atoms. The highest BCUT2D eigenvalue weighted by atomic mass is 15.1. The van der Waals surface area contributed by atoms with E-state index in [9.17, 15) is 0 Å². The van der Waals surface area contributed by atoms with E-state index in [1.807, 2.05) is 0 Å². The molecule has 0 aromatic rings. The Bertz CT molecular complexity index is 121. The average molecular weight is 139 g/mol. The highest BCUT2D eigenvalue weighted by Gasteiger charge is 2.14. The summed E-state index contributed by atoms with van der Waals surface area (Å²) in [6.45, 7) is 10.9. The molecule has 1 heterocycles. The Kier molecular flexibility index (Phi) is 2.36. The summed E-state index contributed by atoms with van der Waals surface area (Å²) in [6, 6.07) is 0. The molecular weight excluding hydrogens is 122 g/mol. The summed E-state index contributed by atoms with van der Waals surface area (Å²) in [5.74, 6) is 0.623. The summed E-state index contributed by atoms with van der Waals surface area (Å²) in [4.78, 5) is 2.41. The second kappa shape index (κ2) is 3.09. The van der Waals surface area contributed by atoms with Crippen LogP contribution < -0.4 is 0 Å². The Morgan fingerprint density at radius 3 is 2.20 bits per heavy atom. The van der Waals surface area contributed by atoms with Crippen molar-refractivity contribution in [1.29, 1.82) is 0 Å². The van der Waals surface area contributed by atoms with Crippen LogP contribution in [0.1, 0.15) is 26.7 Å². The zero-order valence-corrected chi connectivity index (χ0v) is 7.06. The first-order valence-corrected chi connectivity index (χ1v) is 4.15. The fourth-order valence-corrected chi connectivity index (χ4v) is 1.37. The molecule has 1 saturated heterocycles. The quantitative estimate of drug-likeness (QED) is 0.567. The van der Waals surface area contributed by atoms with Crippen molar-refractivity contribution in [2.45, 2.75) is 26.7 Å². The van der Waals surface area contributed by atoms with Gasteiger partial charge in [0.1, 0.15) is 0 Å². The SMILES string of the molecule is C=C(C(C)C)N1CCCC1. The molecule has 1 aliphatic rings. The second-order valence-corrected chi connectivity index (χ2v) is 3.34. The molecule has 0 amide bonds. The number of likely N-dealkylation sites (tertiary alicyclic amines) is 1. The molecule has 58 valence electrons. The molecule has 0 aromatic carbocycles. The first kappa shape index (κ1) is 7.64. The van der Waals surface area contributed by atoms with Gasteiger partial charge in [-0.05, 0) is 18.8 Å². The third-order valence-corrected chi connectivity index (χ3v) is 2.18. The monoisotopic (exact) mass is 139 g/mol. The molecule has 1 nitrogen and oxygen atoms in total. The van der Waals surface area contributed by atoms with E-state index in [-0.39, 0.29) is 0 Å². The molecular formula is C9H17N. The minimum atomic E-state index is 0.623. The molecule has 10 heavy (non-hydrogen) atoms. The third kappa shape index (κ3) is 1.53. The first-order chi connectivity index (χ1) is 4.72. The molecule has 0 radical (unpaired) electrons. The van der Waals surface area contributed by atoms with Crippen molar-refractivity contribution in [3.05, 3.63) is 12.3 Å². The van der Waals surface area contributed by atoms with Crippen molar-refractivity contribution in [2.75, 3.05) is 13.1 Å². The van der Waals surface area contributed by atoms with Gasteiger partial charge in [0.05, 0.1) is 0 Å². The lowest BCUT2D eigenvalue weighted by molar-refractivity contribution is 0.382. The van der Waals surface area contributed by atoms with Gasteiger partial charge in [0.15, 0.2) is 0 Å². The van der Waals surface area contributed by atoms with E-state index < -0.39 is 0 Å². The molecule has 0 N–H and O–H groups in total. The van der Waals surface area contributed by atoms with Gasteiger partial charge in [-0.3, -0.25) is 0 Å². The van der Waals surface area contributed by atoms with Crippen molar-refractivity contribution in [1.82, 2.24) is 4.90 Å². The molecule has 0 unspecified atom stereocenters. The minimum Gasteiger partial charge on any atom is -0.375 e. The van der Waals surface area contributed by atoms with Crippen LogP contribution in [0.15, 0.2) is 12.3 Å². The van der Waals surface area contributed by atoms with E-state index in [1.165, 1.54) is 31.6 Å². The Hall–Kier alpha value is -0.460. The van der Waals surface area contributed by atoms with Gasteiger partial charge in [-0.2, -0.15) is 0 Å². The molecule has 1 fully saturated rings. The number of hydrogen-bond acceptors (Lipinski definition) is 1. The van der Waals surface area contributed by atoms with Gasteiger partial charge in [0, 0.05) is 18.8 Å². The normalized spacial score (nSPS) is 18.5. The first-order valence-electron chi connectivity index (χ1n) is 4.15. The predicted molar refractivity (Wildman–Crippen MR) is 44.8 cm³/mol. The van der Waals surface area contributed by atoms with Gasteiger partial charge in [0.2, 0.25) is 0 Å². The van der Waals surface area contributed by atoms with Crippen molar-refractivity contribution in [3.63, 3.8) is 0 Å². The van der Waals surface area contributed by atoms with E-state index in [4.69, 9.17) is 0 Å². The zero-order valence-electron chi connectivity index (χ0n) is 7.06. The van der Waals surface area contributed by atoms with Crippen molar-refractivity contribution >= 4 is 0 Å². The highest BCUT2D eigenvalue weighted by molar-refractivity contribution is 4.98. The van der Waals surface area contributed by atoms with Crippen LogP contribution in [-0.2, 0) is 0 Å². The molecule has 1 heteroatoms. The largest absolute Gasteiger partial charge is 0.375 e. The maximum absolute atomic E-state index is 4.06. The number of nitrogens with zero attached hydrogens (tertiary/aromatic N) is 1. The number of rotatable bonds is 2. The maximum atomic E-state index is 4.06. The molecule has 0 aliphatic carbocycles. The van der Waals surface area contributed by atoms with Crippen molar-refractivity contribution in [2.24, 2.45) is 5.92 Å². The van der Waals surface area contributed by atoms with Gasteiger partial charge < -0.3 is 4.90 Å². The maximum Gasteiger partial charge on any atom is 0.0175 e. The van der Waals surface area contributed by atoms with Crippen LogP contribution in [0.4, 0.5) is 0 Å². The van der Waals surface area contributed by atoms with Gasteiger partial charge in [-0.1, -0.05) is 20.4 Å². The fraction of sp³-hybridized carbons (Fsp3) is 0.778. The smallest absolute Gasteiger partial charge is 0.0175 e. The van der Waals surface area contributed by atoms with Crippen molar-refractivity contribution < 1.29 is 0 Å². The van der Waals surface area contributed by atoms with Crippen LogP contribution in [0.5, 0.6) is 0 Å². The summed E-state index contributed by atoms with van der Waals surface area (Å²) in [5.41, 5.74) is 1.32. The van der Waals surface area contributed by atoms with Gasteiger partial charge in [-0.25, -0.2) is 0 Å². The molecule has 1 rings (SSSR count). The van der Waals surface area contributed by atoms with Gasteiger partial charge >= 0.3 is 0 Å². The molecule has 0 atom stereocenters. The number of hydrogen-bond donors (Lipinski definition) is 0. The lowest BCUT2D eigenvalue weighted by Crippen LogP contribution is -2.20. The minimum absolute atomic E-state index is 0.623. The predicted octanol–water partition coefficient (Wildman–Crippen LogP) is 2.25. The van der Waals surface area contributed by atoms with Crippen molar-refractivity contribution in [3.8, 4) is 0 Å². The van der Waals surface area contributed by atoms with Gasteiger partial charge in [0.25, 0.3) is 0 Å². The zero-order chi connectivity index (χ0) is 7.56. The average Bonchev–Trinajstić information content (AvgIpc) is 2.36. The fourth-order valence-electron chi connectivity index (χ4n) is 1.37. The standard InChI is InChI=1S/C9H17N/c1-8(2)9(3)10-6-4-5-7-10/h8H,3-7H2,1-2H3. The van der Waals surface area contributed by atoms with Crippen LogP contribution in [0.25, 0.3) is 0 Å². The van der Waals surface area contributed by atoms with E-state index in [2.05, 4.69) is 25.3 Å². The van der Waals surface area contributed by atoms with Crippen LogP contribution in [0.3, 0.4) is 0 Å². The topological polar surface area (TPSA) is 3.24 Å². The molecule has 1 aliphatic heterocycles. The Morgan fingerprint density at radius 2 is 1.80 bits per heavy atom. The Morgan fingerprint density at radius 1 is 1.30 bits per heavy atom. The summed E-state index contributed by atoms with van der Waals surface area (Å²) in [6.07, 6.45) is 2.71. The number of allylic oxidation sites excluding steroid dienone is 1. The van der Waals surface area contributed by atoms with Crippen LogP contribution in [-0.4, -0.2) is 18.0 Å². The molecule has 0 spiro atoms. The van der Waals surface area contributed by atoms with E-state index >= 15 is 0 Å². The molecule has 0 aromatic heterocycles. The van der Waals surface area contributed by atoms with Crippen LogP contribution >= 0.6 is 0 Å². The summed E-state index contributed by atoms with van der Waals surface area (Å²) in [7, 11) is 0. The lowest BCUT2D eigenvalue weighted by Gasteiger charge is -2.22. The summed E-state index contributed by atoms with van der Waals surface area (Å²) < 4.78 is 0. The Labute approximate surface area is 63.7 Å². The summed E-state index contributed by atoms with van der Waals surface area (Å²) in [5, 5.41) is 0. The van der Waals surface area contributed by atoms with E-state index in [0.717, 1.165) is 0 Å². The lowest BCUT2D eigenvalue weighted by atomic mass is 10.1. The highest BCUT2D eigenvalue weighted by Crippen LogP contribution is 2.18.